The summed E-state index contributed by atoms with van der Waals surface area (Å²) in [5, 5.41) is 3.01. The molecule has 4 heteroatoms. The number of benzene rings is 1. The molecule has 1 amide bonds. The first-order valence-electron chi connectivity index (χ1n) is 7.58. The lowest BCUT2D eigenvalue weighted by Crippen LogP contribution is -2.27. The molecule has 1 aromatic rings. The first-order chi connectivity index (χ1) is 10.1. The van der Waals surface area contributed by atoms with Crippen LogP contribution in [0.15, 0.2) is 18.2 Å². The number of aryl methyl sites for hydroxylation is 1. The first kappa shape index (κ1) is 14.1. The Morgan fingerprint density at radius 2 is 2.05 bits per heavy atom. The molecule has 0 spiro atoms. The van der Waals surface area contributed by atoms with Crippen LogP contribution < -0.4 is 5.32 Å². The second kappa shape index (κ2) is 5.51. The predicted octanol–water partition coefficient (Wildman–Crippen LogP) is 3.16. The third-order valence-corrected chi connectivity index (χ3v) is 4.99. The second-order valence-electron chi connectivity index (χ2n) is 6.29. The van der Waals surface area contributed by atoms with Gasteiger partial charge in [0, 0.05) is 11.6 Å². The molecule has 2 saturated carbocycles. The van der Waals surface area contributed by atoms with Crippen molar-refractivity contribution < 1.29 is 14.3 Å². The summed E-state index contributed by atoms with van der Waals surface area (Å²) in [6, 6.07) is 5.25. The molecule has 3 atom stereocenters. The molecule has 2 fully saturated rings. The zero-order valence-corrected chi connectivity index (χ0v) is 12.5. The van der Waals surface area contributed by atoms with Crippen LogP contribution in [0.2, 0.25) is 0 Å². The minimum Gasteiger partial charge on any atom is -0.465 e. The summed E-state index contributed by atoms with van der Waals surface area (Å²) < 4.78 is 4.72. The van der Waals surface area contributed by atoms with Gasteiger partial charge in [0.25, 0.3) is 0 Å². The lowest BCUT2D eigenvalue weighted by atomic mass is 9.88. The molecule has 0 aliphatic heterocycles. The Bertz CT molecular complexity index is 581. The second-order valence-corrected chi connectivity index (χ2v) is 6.29. The van der Waals surface area contributed by atoms with Gasteiger partial charge < -0.3 is 10.1 Å². The van der Waals surface area contributed by atoms with E-state index in [1.165, 1.54) is 26.4 Å². The van der Waals surface area contributed by atoms with Gasteiger partial charge in [0.1, 0.15) is 0 Å². The maximum atomic E-state index is 12.5. The number of rotatable bonds is 3. The van der Waals surface area contributed by atoms with E-state index in [9.17, 15) is 9.59 Å². The van der Waals surface area contributed by atoms with E-state index in [4.69, 9.17) is 4.74 Å². The molecule has 2 aliphatic rings. The molecular weight excluding hydrogens is 266 g/mol. The van der Waals surface area contributed by atoms with Crippen LogP contribution in [0.5, 0.6) is 0 Å². The maximum Gasteiger partial charge on any atom is 0.337 e. The number of fused-ring (bicyclic) bond motifs is 2. The molecule has 1 aromatic carbocycles. The molecular formula is C17H21NO3. The highest BCUT2D eigenvalue weighted by Crippen LogP contribution is 2.48. The van der Waals surface area contributed by atoms with Crippen molar-refractivity contribution >= 4 is 17.6 Å². The number of methoxy groups -OCH3 is 1. The molecule has 0 aromatic heterocycles. The summed E-state index contributed by atoms with van der Waals surface area (Å²) in [4.78, 5) is 24.1. The molecule has 0 heterocycles. The molecule has 3 rings (SSSR count). The van der Waals surface area contributed by atoms with Crippen LogP contribution in [0.3, 0.4) is 0 Å². The van der Waals surface area contributed by atoms with Crippen molar-refractivity contribution in [3.63, 3.8) is 0 Å². The third kappa shape index (κ3) is 2.67. The van der Waals surface area contributed by atoms with E-state index in [0.29, 0.717) is 17.2 Å². The van der Waals surface area contributed by atoms with Gasteiger partial charge in [-0.05, 0) is 55.7 Å². The fourth-order valence-corrected chi connectivity index (χ4v) is 3.79. The van der Waals surface area contributed by atoms with Crippen molar-refractivity contribution in [2.45, 2.75) is 32.6 Å². The Morgan fingerprint density at radius 1 is 1.24 bits per heavy atom. The molecule has 2 bridgehead atoms. The van der Waals surface area contributed by atoms with Crippen molar-refractivity contribution in [2.24, 2.45) is 17.8 Å². The Labute approximate surface area is 124 Å². The Kier molecular flexibility index (Phi) is 3.70. The van der Waals surface area contributed by atoms with Crippen LogP contribution in [-0.2, 0) is 9.53 Å². The van der Waals surface area contributed by atoms with Crippen molar-refractivity contribution in [3.05, 3.63) is 29.3 Å². The number of esters is 1. The van der Waals surface area contributed by atoms with E-state index in [1.54, 1.807) is 12.1 Å². The van der Waals surface area contributed by atoms with Crippen LogP contribution in [0, 0.1) is 24.7 Å². The molecule has 4 nitrogen and oxygen atoms in total. The van der Waals surface area contributed by atoms with E-state index in [1.807, 2.05) is 13.0 Å². The highest BCUT2D eigenvalue weighted by molar-refractivity contribution is 5.96. The van der Waals surface area contributed by atoms with Crippen molar-refractivity contribution in [1.82, 2.24) is 0 Å². The SMILES string of the molecule is COC(=O)c1ccc(C)c(NC(=O)[C@H]2C[C@H]3CC[C@H]2C3)c1. The van der Waals surface area contributed by atoms with Gasteiger partial charge in [0.15, 0.2) is 0 Å². The molecule has 0 unspecified atom stereocenters. The summed E-state index contributed by atoms with van der Waals surface area (Å²) in [5.74, 6) is 1.16. The Morgan fingerprint density at radius 3 is 2.67 bits per heavy atom. The van der Waals surface area contributed by atoms with Crippen LogP contribution in [-0.4, -0.2) is 19.0 Å². The smallest absolute Gasteiger partial charge is 0.337 e. The molecule has 0 saturated heterocycles. The van der Waals surface area contributed by atoms with Gasteiger partial charge in [-0.1, -0.05) is 12.5 Å². The van der Waals surface area contributed by atoms with Crippen LogP contribution in [0.4, 0.5) is 5.69 Å². The largest absolute Gasteiger partial charge is 0.465 e. The summed E-state index contributed by atoms with van der Waals surface area (Å²) in [7, 11) is 1.36. The standard InChI is InChI=1S/C17H21NO3/c1-10-3-5-13(17(20)21-2)9-15(10)18-16(19)14-8-11-4-6-12(14)7-11/h3,5,9,11-12,14H,4,6-8H2,1-2H3,(H,18,19)/t11-,12-,14-/m0/s1. The first-order valence-corrected chi connectivity index (χ1v) is 7.58. The molecule has 1 N–H and O–H groups in total. The average Bonchev–Trinajstić information content (AvgIpc) is 3.11. The van der Waals surface area contributed by atoms with Crippen molar-refractivity contribution in [3.8, 4) is 0 Å². The van der Waals surface area contributed by atoms with E-state index in [2.05, 4.69) is 5.32 Å². The van der Waals surface area contributed by atoms with E-state index < -0.39 is 0 Å². The van der Waals surface area contributed by atoms with Gasteiger partial charge in [0.2, 0.25) is 5.91 Å². The predicted molar refractivity (Wildman–Crippen MR) is 80.1 cm³/mol. The Hall–Kier alpha value is -1.84. The number of nitrogens with one attached hydrogen (secondary N) is 1. The zero-order chi connectivity index (χ0) is 15.0. The number of amides is 1. The van der Waals surface area contributed by atoms with Gasteiger partial charge >= 0.3 is 5.97 Å². The number of hydrogen-bond acceptors (Lipinski definition) is 3. The minimum atomic E-state index is -0.384. The number of carbonyl (C=O) groups excluding carboxylic acids is 2. The van der Waals surface area contributed by atoms with Crippen molar-refractivity contribution in [2.75, 3.05) is 12.4 Å². The van der Waals surface area contributed by atoms with Gasteiger partial charge in [-0.3, -0.25) is 4.79 Å². The summed E-state index contributed by atoms with van der Waals surface area (Å²) in [6.07, 6.45) is 4.70. The third-order valence-electron chi connectivity index (χ3n) is 4.99. The zero-order valence-electron chi connectivity index (χ0n) is 12.5. The van der Waals surface area contributed by atoms with Gasteiger partial charge in [-0.2, -0.15) is 0 Å². The topological polar surface area (TPSA) is 55.4 Å². The van der Waals surface area contributed by atoms with E-state index in [-0.39, 0.29) is 17.8 Å². The highest BCUT2D eigenvalue weighted by Gasteiger charge is 2.43. The normalized spacial score (nSPS) is 26.7. The lowest BCUT2D eigenvalue weighted by Gasteiger charge is -2.21. The number of carbonyl (C=O) groups is 2. The fourth-order valence-electron chi connectivity index (χ4n) is 3.79. The van der Waals surface area contributed by atoms with E-state index >= 15 is 0 Å². The molecule has 0 radical (unpaired) electrons. The summed E-state index contributed by atoms with van der Waals surface area (Å²) in [5.41, 5.74) is 2.14. The average molecular weight is 287 g/mol. The molecule has 112 valence electrons. The number of hydrogen-bond donors (Lipinski definition) is 1. The van der Waals surface area contributed by atoms with Crippen LogP contribution in [0.25, 0.3) is 0 Å². The van der Waals surface area contributed by atoms with Crippen molar-refractivity contribution in [1.29, 1.82) is 0 Å². The molecule has 21 heavy (non-hydrogen) atoms. The highest BCUT2D eigenvalue weighted by atomic mass is 16.5. The van der Waals surface area contributed by atoms with Gasteiger partial charge in [0.05, 0.1) is 12.7 Å². The maximum absolute atomic E-state index is 12.5. The summed E-state index contributed by atoms with van der Waals surface area (Å²) in [6.45, 7) is 1.93. The Balaban J connectivity index is 1.75. The molecule has 2 aliphatic carbocycles. The van der Waals surface area contributed by atoms with Gasteiger partial charge in [-0.25, -0.2) is 4.79 Å². The summed E-state index contributed by atoms with van der Waals surface area (Å²) >= 11 is 0. The quantitative estimate of drug-likeness (QED) is 0.869. The number of ether oxygens (including phenoxy) is 1. The van der Waals surface area contributed by atoms with Gasteiger partial charge in [-0.15, -0.1) is 0 Å². The minimum absolute atomic E-state index is 0.104. The monoisotopic (exact) mass is 287 g/mol. The van der Waals surface area contributed by atoms with Crippen LogP contribution >= 0.6 is 0 Å². The number of anilines is 1. The van der Waals surface area contributed by atoms with E-state index in [0.717, 1.165) is 17.9 Å². The lowest BCUT2D eigenvalue weighted by molar-refractivity contribution is -0.121. The van der Waals surface area contributed by atoms with Crippen LogP contribution in [0.1, 0.15) is 41.6 Å². The fraction of sp³-hybridized carbons (Fsp3) is 0.529.